The van der Waals surface area contributed by atoms with Crippen molar-refractivity contribution in [3.63, 3.8) is 0 Å². The summed E-state index contributed by atoms with van der Waals surface area (Å²) in [5, 5.41) is 20.0. The molecule has 10 rings (SSSR count). The monoisotopic (exact) mass is 712 g/mol. The van der Waals surface area contributed by atoms with Gasteiger partial charge in [-0.1, -0.05) is 135 Å². The molecule has 47 heavy (non-hydrogen) atoms. The molecule has 0 fully saturated rings. The fraction of sp³-hybridized carbons (Fsp3) is 0. The van der Waals surface area contributed by atoms with E-state index in [0.29, 0.717) is 0 Å². The molecule has 224 valence electrons. The molecule has 0 spiro atoms. The second kappa shape index (κ2) is 13.9. The molecule has 0 aliphatic rings. The molecule has 0 aliphatic heterocycles. The first kappa shape index (κ1) is 33.3. The predicted molar refractivity (Wildman–Crippen MR) is 197 cm³/mol. The van der Waals surface area contributed by atoms with Gasteiger partial charge in [0.15, 0.2) is 0 Å². The van der Waals surface area contributed by atoms with Gasteiger partial charge in [-0.3, -0.25) is 0 Å². The van der Waals surface area contributed by atoms with Gasteiger partial charge in [0, 0.05) is 20.5 Å². The number of fused-ring (bicyclic) bond motifs is 8. The van der Waals surface area contributed by atoms with Gasteiger partial charge in [-0.2, -0.15) is 12.1 Å². The summed E-state index contributed by atoms with van der Waals surface area (Å²) < 4.78 is 0. The van der Waals surface area contributed by atoms with Crippen LogP contribution < -0.4 is 24.8 Å². The van der Waals surface area contributed by atoms with Crippen molar-refractivity contribution in [3.8, 4) is 10.6 Å². The average molecular weight is 713 g/mol. The quantitative estimate of drug-likeness (QED) is 0.127. The third-order valence-corrected chi connectivity index (χ3v) is 13.9. The van der Waals surface area contributed by atoms with Crippen LogP contribution in [0.4, 0.5) is 0 Å². The second-order valence-corrected chi connectivity index (χ2v) is 15.7. The summed E-state index contributed by atoms with van der Waals surface area (Å²) in [4.78, 5) is 0. The van der Waals surface area contributed by atoms with E-state index in [2.05, 4.69) is 170 Å². The van der Waals surface area contributed by atoms with Gasteiger partial charge in [0.1, 0.15) is 0 Å². The molecule has 0 N–H and O–H groups in total. The molecule has 2 heterocycles. The van der Waals surface area contributed by atoms with Gasteiger partial charge in [-0.15, -0.1) is 70.1 Å². The zero-order valence-electron chi connectivity index (χ0n) is 25.3. The molecule has 10 aromatic rings. The summed E-state index contributed by atoms with van der Waals surface area (Å²) in [7, 11) is -0.837. The van der Waals surface area contributed by atoms with Crippen molar-refractivity contribution in [2.45, 2.75) is 0 Å². The van der Waals surface area contributed by atoms with E-state index in [9.17, 15) is 0 Å². The third kappa shape index (κ3) is 5.69. The van der Waals surface area contributed by atoms with E-state index in [4.69, 9.17) is 0 Å². The first-order chi connectivity index (χ1) is 21.8. The molecule has 0 saturated carbocycles. The van der Waals surface area contributed by atoms with E-state index in [-0.39, 0.29) is 46.5 Å². The number of benzene rings is 6. The van der Waals surface area contributed by atoms with E-state index in [1.807, 2.05) is 0 Å². The second-order valence-electron chi connectivity index (χ2n) is 11.4. The van der Waals surface area contributed by atoms with E-state index < -0.39 is 15.1 Å². The van der Waals surface area contributed by atoms with Crippen LogP contribution in [0.1, 0.15) is 0 Å². The topological polar surface area (TPSA) is 0 Å². The molecule has 0 aliphatic carbocycles. The van der Waals surface area contributed by atoms with Gasteiger partial charge in [-0.25, -0.2) is 0 Å². The fourth-order valence-corrected chi connectivity index (χ4v) is 12.3. The summed E-state index contributed by atoms with van der Waals surface area (Å²) in [6, 6.07) is 62.4. The van der Waals surface area contributed by atoms with Crippen LogP contribution in [0.25, 0.3) is 74.2 Å². The van der Waals surface area contributed by atoms with E-state index in [1.165, 1.54) is 74.2 Å². The number of rotatable bonds is 2. The molecule has 8 aromatic carbocycles. The van der Waals surface area contributed by atoms with Crippen LogP contribution in [-0.4, -0.2) is 0 Å². The van der Waals surface area contributed by atoms with Crippen molar-refractivity contribution < 1.29 is 46.5 Å². The van der Waals surface area contributed by atoms with Crippen LogP contribution in [0.5, 0.6) is 0 Å². The molecule has 0 saturated heterocycles. The zero-order valence-corrected chi connectivity index (χ0v) is 30.2. The summed E-state index contributed by atoms with van der Waals surface area (Å²) in [6.07, 6.45) is 0. The van der Waals surface area contributed by atoms with Gasteiger partial charge in [-0.05, 0) is 21.5 Å². The van der Waals surface area contributed by atoms with Crippen LogP contribution in [0.3, 0.4) is 0 Å². The van der Waals surface area contributed by atoms with Crippen LogP contribution in [0, 0.1) is 0 Å². The Morgan fingerprint density at radius 3 is 0.936 bits per heavy atom. The summed E-state index contributed by atoms with van der Waals surface area (Å²) >= 11 is 0. The maximum Gasteiger partial charge on any atom is 4.00 e. The fourth-order valence-electron chi connectivity index (χ4n) is 6.93. The Morgan fingerprint density at radius 1 is 0.340 bits per heavy atom. The first-order valence-corrected chi connectivity index (χ1v) is 17.8. The summed E-state index contributed by atoms with van der Waals surface area (Å²) in [5.41, 5.74) is 0. The summed E-state index contributed by atoms with van der Waals surface area (Å²) in [5.74, 6) is 0. The van der Waals surface area contributed by atoms with Crippen LogP contribution in [-0.2, 0) is 21.7 Å². The Hall–Kier alpha value is -3.57. The minimum Gasteiger partial charge on any atom is -1.00 e. The van der Waals surface area contributed by atoms with Gasteiger partial charge in [0.05, 0.1) is 0 Å². The third-order valence-electron chi connectivity index (χ3n) is 8.88. The number of halogens is 2. The van der Waals surface area contributed by atoms with E-state index in [0.717, 1.165) is 0 Å². The zero-order chi connectivity index (χ0) is 29.0. The van der Waals surface area contributed by atoms with Crippen LogP contribution >= 0.6 is 15.1 Å². The Balaban J connectivity index is 0.000000155. The molecular weight excluding hydrogens is 685 g/mol. The van der Waals surface area contributed by atoms with Gasteiger partial charge in [0.25, 0.3) is 0 Å². The molecule has 2 aromatic heterocycles. The number of hydrogen-bond donors (Lipinski definition) is 0. The van der Waals surface area contributed by atoms with E-state index >= 15 is 0 Å². The molecule has 0 nitrogen and oxygen atoms in total. The standard InChI is InChI=1S/2C21H14P.2ClH.Ti/c2*1-2-8-16-14-17(13-15(16)7-1)22-20-11-5-3-9-18(20)19-10-4-6-12-21(19)22;;;/h2*1-14H;2*1H;/q2*-1;;;+4/p-2. The molecule has 0 bridgehead atoms. The van der Waals surface area contributed by atoms with Crippen LogP contribution in [0.2, 0.25) is 0 Å². The minimum atomic E-state index is -0.419. The molecule has 0 unspecified atom stereocenters. The van der Waals surface area contributed by atoms with Gasteiger partial charge < -0.3 is 24.8 Å². The van der Waals surface area contributed by atoms with Crippen molar-refractivity contribution in [1.82, 2.24) is 0 Å². The van der Waals surface area contributed by atoms with Crippen molar-refractivity contribution in [2.75, 3.05) is 0 Å². The average Bonchev–Trinajstić information content (AvgIpc) is 3.85. The van der Waals surface area contributed by atoms with Crippen molar-refractivity contribution in [2.24, 2.45) is 0 Å². The summed E-state index contributed by atoms with van der Waals surface area (Å²) in [6.45, 7) is 0. The van der Waals surface area contributed by atoms with Gasteiger partial charge in [0.2, 0.25) is 0 Å². The molecule has 0 amide bonds. The molecule has 0 radical (unpaired) electrons. The smallest absolute Gasteiger partial charge is 1.00 e. The SMILES string of the molecule is [Cl-].[Cl-].[Ti+4].c1ccc2[cH-]c(-p3c4ccccc4c4ccccc43)cc2c1.c1ccc2[cH-]c(-p3c4ccccc4c4ccccc43)cc2c1. The Morgan fingerprint density at radius 2 is 0.617 bits per heavy atom. The molecule has 0 atom stereocenters. The maximum atomic E-state index is 2.37. The maximum absolute atomic E-state index is 2.37. The van der Waals surface area contributed by atoms with E-state index in [1.54, 1.807) is 0 Å². The Labute approximate surface area is 303 Å². The largest absolute Gasteiger partial charge is 4.00 e. The molecule has 5 heteroatoms. The van der Waals surface area contributed by atoms with Crippen LogP contribution in [0.15, 0.2) is 170 Å². The minimum absolute atomic E-state index is 0. The van der Waals surface area contributed by atoms with Crippen molar-refractivity contribution >= 4 is 78.6 Å². The Kier molecular flexibility index (Phi) is 9.85. The van der Waals surface area contributed by atoms with Gasteiger partial charge >= 0.3 is 21.7 Å². The normalized spacial score (nSPS) is 10.9. The van der Waals surface area contributed by atoms with Crippen molar-refractivity contribution in [3.05, 3.63) is 170 Å². The first-order valence-electron chi connectivity index (χ1n) is 15.1. The number of hydrogen-bond acceptors (Lipinski definition) is 0. The Bertz CT molecular complexity index is 2280. The predicted octanol–water partition coefficient (Wildman–Crippen LogP) is 7.69. The molecular formula is C42H28Cl2P2Ti. The van der Waals surface area contributed by atoms with Crippen molar-refractivity contribution in [1.29, 1.82) is 0 Å².